The fraction of sp³-hybridized carbons (Fsp3) is 0.333. The van der Waals surface area contributed by atoms with Crippen LogP contribution in [0.1, 0.15) is 22.8 Å². The van der Waals surface area contributed by atoms with Crippen LogP contribution in [-0.4, -0.2) is 32.4 Å². The van der Waals surface area contributed by atoms with Gasteiger partial charge in [0.25, 0.3) is 0 Å². The van der Waals surface area contributed by atoms with E-state index >= 15 is 0 Å². The van der Waals surface area contributed by atoms with Gasteiger partial charge in [0.05, 0.1) is 17.6 Å². The standard InChI is InChI=1S/C18H20FNO3S/c1-13-3-8-17(11-14(13)2)24(21,22)20-9-10-23-18(12-20)15-4-6-16(19)7-5-15/h3-8,11,18H,9-10,12H2,1-2H3/t18-/m0/s1. The zero-order chi connectivity index (χ0) is 17.3. The van der Waals surface area contributed by atoms with E-state index in [4.69, 9.17) is 4.74 Å². The number of nitrogens with zero attached hydrogens (tertiary/aromatic N) is 1. The third-order valence-corrected chi connectivity index (χ3v) is 6.25. The number of ether oxygens (including phenoxy) is 1. The van der Waals surface area contributed by atoms with Gasteiger partial charge in [-0.25, -0.2) is 12.8 Å². The van der Waals surface area contributed by atoms with Gasteiger partial charge in [-0.2, -0.15) is 4.31 Å². The molecule has 1 aliphatic rings. The van der Waals surface area contributed by atoms with E-state index < -0.39 is 10.0 Å². The minimum Gasteiger partial charge on any atom is -0.371 e. The lowest BCUT2D eigenvalue weighted by molar-refractivity contribution is -0.00258. The molecule has 2 aromatic rings. The summed E-state index contributed by atoms with van der Waals surface area (Å²) in [6.07, 6.45) is -0.388. The number of sulfonamides is 1. The van der Waals surface area contributed by atoms with Crippen molar-refractivity contribution in [2.75, 3.05) is 19.7 Å². The maximum Gasteiger partial charge on any atom is 0.243 e. The molecule has 3 rings (SSSR count). The van der Waals surface area contributed by atoms with Crippen molar-refractivity contribution in [3.05, 3.63) is 65.0 Å². The molecule has 0 spiro atoms. The Kier molecular flexibility index (Phi) is 4.71. The fourth-order valence-electron chi connectivity index (χ4n) is 2.75. The summed E-state index contributed by atoms with van der Waals surface area (Å²) < 4.78 is 46.0. The molecule has 1 heterocycles. The Hall–Kier alpha value is -1.76. The molecule has 0 radical (unpaired) electrons. The number of hydrogen-bond donors (Lipinski definition) is 0. The Morgan fingerprint density at radius 2 is 1.79 bits per heavy atom. The molecule has 0 N–H and O–H groups in total. The summed E-state index contributed by atoms with van der Waals surface area (Å²) in [5.74, 6) is -0.325. The molecule has 0 saturated carbocycles. The SMILES string of the molecule is Cc1ccc(S(=O)(=O)N2CCO[C@H](c3ccc(F)cc3)C2)cc1C. The molecular formula is C18H20FNO3S. The Morgan fingerprint density at radius 3 is 2.46 bits per heavy atom. The smallest absolute Gasteiger partial charge is 0.243 e. The number of aryl methyl sites for hydroxylation is 2. The molecule has 4 nitrogen and oxygen atoms in total. The summed E-state index contributed by atoms with van der Waals surface area (Å²) >= 11 is 0. The summed E-state index contributed by atoms with van der Waals surface area (Å²) in [5, 5.41) is 0. The second-order valence-electron chi connectivity index (χ2n) is 6.02. The minimum atomic E-state index is -3.57. The van der Waals surface area contributed by atoms with Gasteiger partial charge in [-0.3, -0.25) is 0 Å². The first kappa shape index (κ1) is 17.1. The van der Waals surface area contributed by atoms with Crippen molar-refractivity contribution >= 4 is 10.0 Å². The maximum absolute atomic E-state index is 13.1. The predicted octanol–water partition coefficient (Wildman–Crippen LogP) is 3.20. The number of halogens is 1. The molecule has 1 atom stereocenters. The second kappa shape index (κ2) is 6.63. The van der Waals surface area contributed by atoms with Gasteiger partial charge in [0.1, 0.15) is 5.82 Å². The van der Waals surface area contributed by atoms with E-state index in [1.54, 1.807) is 24.3 Å². The third-order valence-electron chi connectivity index (χ3n) is 4.39. The number of rotatable bonds is 3. The van der Waals surface area contributed by atoms with Gasteiger partial charge in [-0.05, 0) is 54.8 Å². The molecule has 24 heavy (non-hydrogen) atoms. The highest BCUT2D eigenvalue weighted by atomic mass is 32.2. The quantitative estimate of drug-likeness (QED) is 0.855. The predicted molar refractivity (Wildman–Crippen MR) is 89.8 cm³/mol. The molecular weight excluding hydrogens is 329 g/mol. The van der Waals surface area contributed by atoms with Gasteiger partial charge in [0, 0.05) is 13.1 Å². The average molecular weight is 349 g/mol. The van der Waals surface area contributed by atoms with Crippen LogP contribution in [0.3, 0.4) is 0 Å². The van der Waals surface area contributed by atoms with Gasteiger partial charge in [0.2, 0.25) is 10.0 Å². The van der Waals surface area contributed by atoms with Crippen LogP contribution in [-0.2, 0) is 14.8 Å². The molecule has 1 fully saturated rings. The third kappa shape index (κ3) is 3.36. The van der Waals surface area contributed by atoms with Crippen LogP contribution in [0.25, 0.3) is 0 Å². The van der Waals surface area contributed by atoms with Crippen LogP contribution in [0, 0.1) is 19.7 Å². The van der Waals surface area contributed by atoms with Crippen molar-refractivity contribution < 1.29 is 17.5 Å². The Balaban J connectivity index is 1.85. The molecule has 0 unspecified atom stereocenters. The largest absolute Gasteiger partial charge is 0.371 e. The van der Waals surface area contributed by atoms with Crippen LogP contribution in [0.4, 0.5) is 4.39 Å². The van der Waals surface area contributed by atoms with E-state index in [1.807, 2.05) is 19.9 Å². The molecule has 0 bridgehead atoms. The molecule has 6 heteroatoms. The van der Waals surface area contributed by atoms with Crippen LogP contribution < -0.4 is 0 Å². The van der Waals surface area contributed by atoms with Crippen molar-refractivity contribution in [2.24, 2.45) is 0 Å². The van der Waals surface area contributed by atoms with E-state index in [-0.39, 0.29) is 18.5 Å². The van der Waals surface area contributed by atoms with Gasteiger partial charge >= 0.3 is 0 Å². The molecule has 1 aliphatic heterocycles. The zero-order valence-electron chi connectivity index (χ0n) is 13.7. The lowest BCUT2D eigenvalue weighted by atomic mass is 10.1. The first-order valence-electron chi connectivity index (χ1n) is 7.82. The van der Waals surface area contributed by atoms with Crippen LogP contribution in [0.2, 0.25) is 0 Å². The number of morpholine rings is 1. The molecule has 0 amide bonds. The Bertz CT molecular complexity index is 834. The summed E-state index contributed by atoms with van der Waals surface area (Å²) in [4.78, 5) is 0.297. The topological polar surface area (TPSA) is 46.6 Å². The monoisotopic (exact) mass is 349 g/mol. The Labute approximate surface area is 141 Å². The first-order chi connectivity index (χ1) is 11.4. The van der Waals surface area contributed by atoms with Crippen molar-refractivity contribution in [1.82, 2.24) is 4.31 Å². The van der Waals surface area contributed by atoms with Crippen molar-refractivity contribution in [1.29, 1.82) is 0 Å². The number of hydrogen-bond acceptors (Lipinski definition) is 3. The zero-order valence-corrected chi connectivity index (χ0v) is 14.5. The molecule has 0 aliphatic carbocycles. The van der Waals surface area contributed by atoms with Gasteiger partial charge in [-0.1, -0.05) is 18.2 Å². The van der Waals surface area contributed by atoms with Crippen molar-refractivity contribution in [3.63, 3.8) is 0 Å². The van der Waals surface area contributed by atoms with Crippen LogP contribution in [0.5, 0.6) is 0 Å². The Morgan fingerprint density at radius 1 is 1.08 bits per heavy atom. The lowest BCUT2D eigenvalue weighted by Gasteiger charge is -2.32. The molecule has 128 valence electrons. The summed E-state index contributed by atoms with van der Waals surface area (Å²) in [6, 6.07) is 11.1. The van der Waals surface area contributed by atoms with E-state index in [1.165, 1.54) is 16.4 Å². The maximum atomic E-state index is 13.1. The summed E-state index contributed by atoms with van der Waals surface area (Å²) in [5.41, 5.74) is 2.77. The number of benzene rings is 2. The average Bonchev–Trinajstić information content (AvgIpc) is 2.58. The van der Waals surface area contributed by atoms with Crippen LogP contribution >= 0.6 is 0 Å². The van der Waals surface area contributed by atoms with Gasteiger partial charge in [0.15, 0.2) is 0 Å². The molecule has 0 aromatic heterocycles. The van der Waals surface area contributed by atoms with E-state index in [9.17, 15) is 12.8 Å². The first-order valence-corrected chi connectivity index (χ1v) is 9.26. The van der Waals surface area contributed by atoms with Gasteiger partial charge in [-0.15, -0.1) is 0 Å². The highest BCUT2D eigenvalue weighted by Crippen LogP contribution is 2.27. The second-order valence-corrected chi connectivity index (χ2v) is 7.96. The van der Waals surface area contributed by atoms with Crippen LogP contribution in [0.15, 0.2) is 47.4 Å². The summed E-state index contributed by atoms with van der Waals surface area (Å²) in [6.45, 7) is 4.69. The fourth-order valence-corrected chi connectivity index (χ4v) is 4.26. The van der Waals surface area contributed by atoms with E-state index in [0.717, 1.165) is 16.7 Å². The lowest BCUT2D eigenvalue weighted by Crippen LogP contribution is -2.42. The van der Waals surface area contributed by atoms with E-state index in [2.05, 4.69) is 0 Å². The molecule has 2 aromatic carbocycles. The van der Waals surface area contributed by atoms with Gasteiger partial charge < -0.3 is 4.74 Å². The highest BCUT2D eigenvalue weighted by Gasteiger charge is 2.31. The van der Waals surface area contributed by atoms with Crippen molar-refractivity contribution in [3.8, 4) is 0 Å². The summed E-state index contributed by atoms with van der Waals surface area (Å²) in [7, 11) is -3.57. The normalized spacial score (nSPS) is 19.4. The van der Waals surface area contributed by atoms with E-state index in [0.29, 0.717) is 18.0 Å². The highest BCUT2D eigenvalue weighted by molar-refractivity contribution is 7.89. The van der Waals surface area contributed by atoms with Crippen molar-refractivity contribution in [2.45, 2.75) is 24.8 Å². The molecule has 1 saturated heterocycles. The minimum absolute atomic E-state index is 0.223.